The quantitative estimate of drug-likeness (QED) is 0.114. The van der Waals surface area contributed by atoms with Crippen molar-refractivity contribution in [2.24, 2.45) is 11.5 Å². The van der Waals surface area contributed by atoms with E-state index < -0.39 is 60.2 Å². The summed E-state index contributed by atoms with van der Waals surface area (Å²) < 4.78 is 0. The molecule has 0 spiro atoms. The molecule has 2 heterocycles. The number of phenols is 2. The van der Waals surface area contributed by atoms with E-state index in [1.165, 1.54) is 58.1 Å². The number of unbranched alkanes of at least 4 members (excludes halogenated alkanes) is 1. The van der Waals surface area contributed by atoms with Gasteiger partial charge in [-0.25, -0.2) is 0 Å². The number of rotatable bonds is 10. The van der Waals surface area contributed by atoms with Crippen LogP contribution in [0.5, 0.6) is 11.5 Å². The molecule has 4 aromatic rings. The number of phenolic OH excluding ortho intramolecular Hbond substituents is 2. The Kier molecular flexibility index (Phi) is 21.3. The number of nitrogens with one attached hydrogen (secondary N) is 4. The number of nitrogens with two attached hydrogens (primary N) is 2. The highest BCUT2D eigenvalue weighted by molar-refractivity contribution is 6.30. The van der Waals surface area contributed by atoms with Crippen LogP contribution in [0.2, 0.25) is 5.02 Å². The van der Waals surface area contributed by atoms with Crippen LogP contribution in [0.3, 0.4) is 0 Å². The van der Waals surface area contributed by atoms with Gasteiger partial charge in [0.2, 0.25) is 29.5 Å². The topological polar surface area (TPSA) is 267 Å². The fourth-order valence-electron chi connectivity index (χ4n) is 6.89. The van der Waals surface area contributed by atoms with E-state index in [4.69, 9.17) is 22.1 Å². The van der Waals surface area contributed by atoms with E-state index in [1.807, 2.05) is 18.9 Å². The van der Waals surface area contributed by atoms with E-state index in [1.54, 1.807) is 60.4 Å². The molecule has 4 atom stereocenters. The van der Waals surface area contributed by atoms with E-state index in [2.05, 4.69) is 33.9 Å². The van der Waals surface area contributed by atoms with Crippen molar-refractivity contribution >= 4 is 53.8 Å². The summed E-state index contributed by atoms with van der Waals surface area (Å²) in [6, 6.07) is 18.0. The summed E-state index contributed by atoms with van der Waals surface area (Å²) in [7, 11) is 2.86. The second-order valence-corrected chi connectivity index (χ2v) is 15.8. The van der Waals surface area contributed by atoms with Crippen molar-refractivity contribution in [3.63, 3.8) is 0 Å². The molecule has 4 aromatic carbocycles. The largest absolute Gasteiger partial charge is 0.507 e. The van der Waals surface area contributed by atoms with Crippen molar-refractivity contribution in [2.45, 2.75) is 70.6 Å². The maximum absolute atomic E-state index is 14.1. The lowest BCUT2D eigenvalue weighted by molar-refractivity contribution is -0.140. The van der Waals surface area contributed by atoms with Crippen LogP contribution in [0.1, 0.15) is 67.6 Å². The van der Waals surface area contributed by atoms with Crippen molar-refractivity contribution in [3.05, 3.63) is 107 Å². The second kappa shape index (κ2) is 26.2. The van der Waals surface area contributed by atoms with Crippen LogP contribution in [0.15, 0.2) is 84.9 Å². The normalized spacial score (nSPS) is 16.7. The summed E-state index contributed by atoms with van der Waals surface area (Å²) >= 11 is 6.00. The Morgan fingerprint density at radius 1 is 0.879 bits per heavy atom. The van der Waals surface area contributed by atoms with E-state index in [0.29, 0.717) is 29.2 Å². The molecule has 2 aliphatic rings. The molecule has 1 saturated heterocycles. The number of benzene rings is 4. The average Bonchev–Trinajstić information content (AvgIpc) is 3.30. The molecular weight excluding hydrogens is 868 g/mol. The Morgan fingerprint density at radius 3 is 2.00 bits per heavy atom. The first kappa shape index (κ1) is 53.5. The lowest BCUT2D eigenvalue weighted by Gasteiger charge is -2.33. The zero-order valence-corrected chi connectivity index (χ0v) is 38.7. The highest BCUT2D eigenvalue weighted by Gasteiger charge is 2.34. The van der Waals surface area contributed by atoms with Gasteiger partial charge in [-0.2, -0.15) is 0 Å². The van der Waals surface area contributed by atoms with Gasteiger partial charge >= 0.3 is 0 Å². The zero-order valence-electron chi connectivity index (χ0n) is 37.9. The van der Waals surface area contributed by atoms with Gasteiger partial charge in [0.15, 0.2) is 0 Å². The number of halogens is 1. The van der Waals surface area contributed by atoms with Gasteiger partial charge in [0.1, 0.15) is 42.5 Å². The monoisotopic (exact) mass is 928 g/mol. The standard InChI is InChI=1S/C42H43ClN6O8.C4H11N.CH5N.CH2O/c1-23-38(53)47-33(40(55)46-24(2)42(57)49-17-4-18-49)20-25-5-15-34(50)31(19-25)32-21-29(12-16-35(32)51)37(41(56)45-23)48(3)36(52)22-44-39(54)28-8-6-26(7-9-28)27-10-13-30(43)14-11-27;1-2-3-4-5;2*1-2/h5-16,19,21,23-24,33,37,50-51H,4,17-18,20,22H2,1-3H3,(H,44,54)(H,45,56)(H,46,55)(H,47,53);2-5H2,1H3;2H2,1H3;1H2/t23-,24-,33-,37?;;;/m0.../s1. The van der Waals surface area contributed by atoms with E-state index in [-0.39, 0.29) is 40.5 Å². The summed E-state index contributed by atoms with van der Waals surface area (Å²) in [5, 5.41) is 33.1. The molecule has 17 nitrogen and oxygen atoms in total. The molecule has 354 valence electrons. The first-order chi connectivity index (χ1) is 31.6. The van der Waals surface area contributed by atoms with Crippen LogP contribution < -0.4 is 32.7 Å². The van der Waals surface area contributed by atoms with E-state index in [9.17, 15) is 39.0 Å². The highest BCUT2D eigenvalue weighted by Crippen LogP contribution is 2.38. The third-order valence-corrected chi connectivity index (χ3v) is 11.0. The smallest absolute Gasteiger partial charge is 0.251 e. The SMILES string of the molecule is C=O.CCCCN.CN.C[C@@H]1NC(=O)C(N(C)C(=O)CNC(=O)c2ccc(-c3ccc(Cl)cc3)cc2)c2ccc(O)c(c2)-c2cc(ccc2O)C[C@@H](C(=O)N[C@@H](C)C(=O)N2CCC2)NC1=O. The number of carbonyl (C=O) groups is 7. The number of fused-ring (bicyclic) bond motifs is 5. The van der Waals surface area contributed by atoms with Crippen molar-refractivity contribution < 1.29 is 43.8 Å². The minimum Gasteiger partial charge on any atom is -0.507 e. The average molecular weight is 930 g/mol. The lowest BCUT2D eigenvalue weighted by atomic mass is 9.93. The fourth-order valence-corrected chi connectivity index (χ4v) is 7.02. The number of aromatic hydroxyl groups is 2. The van der Waals surface area contributed by atoms with Crippen molar-refractivity contribution in [1.82, 2.24) is 31.1 Å². The summed E-state index contributed by atoms with van der Waals surface area (Å²) in [5.74, 6) is -4.03. The minimum absolute atomic E-state index is 0.0608. The summed E-state index contributed by atoms with van der Waals surface area (Å²) in [5.41, 5.74) is 12.7. The Morgan fingerprint density at radius 2 is 1.45 bits per heavy atom. The van der Waals surface area contributed by atoms with Gasteiger partial charge in [-0.05, 0) is 111 Å². The fraction of sp³-hybridized carbons (Fsp3) is 0.354. The number of carbonyl (C=O) groups excluding carboxylic acids is 7. The zero-order chi connectivity index (χ0) is 49.1. The summed E-state index contributed by atoms with van der Waals surface area (Å²) in [6.07, 6.45) is 3.20. The predicted octanol–water partition coefficient (Wildman–Crippen LogP) is 3.43. The minimum atomic E-state index is -1.39. The molecule has 6 rings (SSSR count). The Bertz CT molecular complexity index is 2290. The first-order valence-electron chi connectivity index (χ1n) is 21.4. The van der Waals surface area contributed by atoms with Gasteiger partial charge in [0.05, 0.1) is 6.54 Å². The third-order valence-electron chi connectivity index (χ3n) is 10.7. The molecule has 66 heavy (non-hydrogen) atoms. The number of hydrogen-bond acceptors (Lipinski definition) is 11. The number of likely N-dealkylation sites (tertiary alicyclic amines) is 1. The number of hydrogen-bond donors (Lipinski definition) is 8. The Hall–Kier alpha value is -6.82. The maximum atomic E-state index is 14.1. The molecule has 6 amide bonds. The maximum Gasteiger partial charge on any atom is 0.251 e. The van der Waals surface area contributed by atoms with Crippen molar-refractivity contribution in [1.29, 1.82) is 0 Å². The molecule has 0 radical (unpaired) electrons. The predicted molar refractivity (Wildman–Crippen MR) is 253 cm³/mol. The molecule has 0 aliphatic carbocycles. The highest BCUT2D eigenvalue weighted by atomic mass is 35.5. The lowest BCUT2D eigenvalue weighted by Crippen LogP contribution is -2.58. The summed E-state index contributed by atoms with van der Waals surface area (Å²) in [6.45, 7) is 8.66. The molecule has 2 aliphatic heterocycles. The molecule has 18 heteroatoms. The van der Waals surface area contributed by atoms with Crippen LogP contribution in [-0.4, -0.2) is 121 Å². The number of amides is 6. The van der Waals surface area contributed by atoms with E-state index in [0.717, 1.165) is 29.0 Å². The Labute approximate surface area is 390 Å². The van der Waals surface area contributed by atoms with Crippen LogP contribution in [-0.2, 0) is 35.2 Å². The van der Waals surface area contributed by atoms with Gasteiger partial charge in [0, 0.05) is 48.3 Å². The van der Waals surface area contributed by atoms with Gasteiger partial charge in [-0.1, -0.05) is 61.3 Å². The molecule has 0 saturated carbocycles. The van der Waals surface area contributed by atoms with Crippen LogP contribution in [0, 0.1) is 0 Å². The number of nitrogens with zero attached hydrogens (tertiary/aromatic N) is 2. The van der Waals surface area contributed by atoms with Crippen molar-refractivity contribution in [2.75, 3.05) is 40.3 Å². The second-order valence-electron chi connectivity index (χ2n) is 15.3. The molecule has 1 fully saturated rings. The van der Waals surface area contributed by atoms with Crippen molar-refractivity contribution in [3.8, 4) is 33.8 Å². The van der Waals surface area contributed by atoms with Crippen LogP contribution in [0.4, 0.5) is 0 Å². The van der Waals surface area contributed by atoms with Gasteiger partial charge in [0.25, 0.3) is 5.91 Å². The van der Waals surface area contributed by atoms with E-state index >= 15 is 0 Å². The van der Waals surface area contributed by atoms with Crippen LogP contribution in [0.25, 0.3) is 22.3 Å². The van der Waals surface area contributed by atoms with Crippen LogP contribution >= 0.6 is 11.6 Å². The van der Waals surface area contributed by atoms with Gasteiger partial charge in [-0.3, -0.25) is 28.8 Å². The molecule has 0 aromatic heterocycles. The molecule has 1 unspecified atom stereocenters. The molecule has 10 N–H and O–H groups in total. The summed E-state index contributed by atoms with van der Waals surface area (Å²) in [4.78, 5) is 91.5. The van der Waals surface area contributed by atoms with Gasteiger partial charge in [-0.15, -0.1) is 0 Å². The Balaban J connectivity index is 0.00000119. The third kappa shape index (κ3) is 14.3. The number of likely N-dealkylation sites (N-methyl/N-ethyl adjacent to an activating group) is 1. The van der Waals surface area contributed by atoms with Gasteiger partial charge < -0.3 is 57.5 Å². The molecule has 4 bridgehead atoms. The molecular formula is C48H61ClN8O9. The first-order valence-corrected chi connectivity index (χ1v) is 21.8.